The highest BCUT2D eigenvalue weighted by atomic mass is 16.5. The molecule has 3 rings (SSSR count). The first kappa shape index (κ1) is 26.8. The Morgan fingerprint density at radius 1 is 1.06 bits per heavy atom. The van der Waals surface area contributed by atoms with Crippen LogP contribution in [0, 0.1) is 0 Å². The molecule has 2 aromatic rings. The lowest BCUT2D eigenvalue weighted by molar-refractivity contribution is -0.134. The van der Waals surface area contributed by atoms with Crippen molar-refractivity contribution < 1.29 is 24.5 Å². The Hall–Kier alpha value is -3.46. The number of hydrogen-bond acceptors (Lipinski definition) is 7. The molecule has 184 valence electrons. The predicted molar refractivity (Wildman–Crippen MR) is 132 cm³/mol. The van der Waals surface area contributed by atoms with Crippen LogP contribution in [0.25, 0.3) is 10.9 Å². The highest BCUT2D eigenvalue weighted by molar-refractivity contribution is 5.89. The summed E-state index contributed by atoms with van der Waals surface area (Å²) in [5.74, 6) is -1.02. The Labute approximate surface area is 200 Å². The van der Waals surface area contributed by atoms with Gasteiger partial charge in [0.15, 0.2) is 0 Å². The number of para-hydroxylation sites is 1. The number of rotatable bonds is 10. The van der Waals surface area contributed by atoms with Crippen LogP contribution in [0.3, 0.4) is 0 Å². The van der Waals surface area contributed by atoms with Gasteiger partial charge in [0.25, 0.3) is 0 Å². The molecular weight excluding hydrogens is 436 g/mol. The highest BCUT2D eigenvalue weighted by Crippen LogP contribution is 2.26. The molecule has 0 radical (unpaired) electrons. The smallest absolute Gasteiger partial charge is 0.328 e. The Balaban J connectivity index is 0.000000440. The van der Waals surface area contributed by atoms with Crippen LogP contribution in [0.4, 0.5) is 5.95 Å². The zero-order valence-electron chi connectivity index (χ0n) is 19.9. The van der Waals surface area contributed by atoms with E-state index in [4.69, 9.17) is 24.9 Å². The van der Waals surface area contributed by atoms with Crippen molar-refractivity contribution in [2.24, 2.45) is 0 Å². The highest BCUT2D eigenvalue weighted by Gasteiger charge is 2.20. The van der Waals surface area contributed by atoms with Crippen LogP contribution in [0.5, 0.6) is 5.88 Å². The van der Waals surface area contributed by atoms with Gasteiger partial charge in [0.05, 0.1) is 17.5 Å². The average molecular weight is 471 g/mol. The van der Waals surface area contributed by atoms with Crippen molar-refractivity contribution >= 4 is 28.8 Å². The molecule has 0 unspecified atom stereocenters. The number of carboxylic acids is 2. The second kappa shape index (κ2) is 13.9. The lowest BCUT2D eigenvalue weighted by atomic mass is 10.2. The molecule has 1 aromatic heterocycles. The van der Waals surface area contributed by atoms with Gasteiger partial charge in [-0.25, -0.2) is 14.6 Å². The number of nitrogens with zero attached hydrogens (tertiary/aromatic N) is 4. The number of aliphatic carboxylic acids is 2. The third kappa shape index (κ3) is 9.19. The minimum absolute atomic E-state index is 0.558. The van der Waals surface area contributed by atoms with Crippen LogP contribution in [0.15, 0.2) is 48.6 Å². The van der Waals surface area contributed by atoms with E-state index in [0.29, 0.717) is 24.6 Å². The maximum atomic E-state index is 9.55. The number of hydrogen-bond donors (Lipinski definition) is 2. The summed E-state index contributed by atoms with van der Waals surface area (Å²) in [5, 5.41) is 16.6. The van der Waals surface area contributed by atoms with Gasteiger partial charge in [-0.3, -0.25) is 4.90 Å². The van der Waals surface area contributed by atoms with Crippen molar-refractivity contribution in [1.29, 1.82) is 0 Å². The van der Waals surface area contributed by atoms with Crippen LogP contribution in [0.1, 0.15) is 33.1 Å². The van der Waals surface area contributed by atoms with Crippen molar-refractivity contribution in [3.05, 3.63) is 48.6 Å². The van der Waals surface area contributed by atoms with Gasteiger partial charge in [0.2, 0.25) is 11.8 Å². The number of fused-ring (bicyclic) bond motifs is 1. The van der Waals surface area contributed by atoms with E-state index < -0.39 is 11.9 Å². The van der Waals surface area contributed by atoms with Crippen LogP contribution in [-0.2, 0) is 9.59 Å². The molecule has 9 nitrogen and oxygen atoms in total. The zero-order valence-corrected chi connectivity index (χ0v) is 19.9. The summed E-state index contributed by atoms with van der Waals surface area (Å²) in [4.78, 5) is 33.4. The first-order valence-electron chi connectivity index (χ1n) is 11.4. The fourth-order valence-electron chi connectivity index (χ4n) is 3.44. The number of carboxylic acid groups (broad SMARTS) is 2. The van der Waals surface area contributed by atoms with Gasteiger partial charge in [-0.2, -0.15) is 4.98 Å². The van der Waals surface area contributed by atoms with E-state index in [1.54, 1.807) is 0 Å². The van der Waals surface area contributed by atoms with Crippen molar-refractivity contribution in [2.75, 3.05) is 44.2 Å². The molecule has 1 aliphatic heterocycles. The molecule has 1 aromatic carbocycles. The molecule has 1 fully saturated rings. The van der Waals surface area contributed by atoms with Gasteiger partial charge in [-0.15, -0.1) is 0 Å². The lowest BCUT2D eigenvalue weighted by Gasteiger charge is -2.34. The molecule has 2 N–H and O–H groups in total. The van der Waals surface area contributed by atoms with Crippen LogP contribution in [0.2, 0.25) is 0 Å². The van der Waals surface area contributed by atoms with Gasteiger partial charge in [-0.1, -0.05) is 44.1 Å². The number of aromatic nitrogens is 2. The lowest BCUT2D eigenvalue weighted by Crippen LogP contribution is -2.47. The monoisotopic (exact) mass is 470 g/mol. The van der Waals surface area contributed by atoms with E-state index in [2.05, 4.69) is 30.2 Å². The van der Waals surface area contributed by atoms with E-state index in [0.717, 1.165) is 56.0 Å². The van der Waals surface area contributed by atoms with E-state index in [1.165, 1.54) is 18.4 Å². The number of anilines is 1. The Kier molecular flexibility index (Phi) is 11.0. The first-order valence-corrected chi connectivity index (χ1v) is 11.4. The molecule has 0 atom stereocenters. The normalized spacial score (nSPS) is 14.0. The molecule has 34 heavy (non-hydrogen) atoms. The topological polar surface area (TPSA) is 116 Å². The predicted octanol–water partition coefficient (Wildman–Crippen LogP) is 3.61. The largest absolute Gasteiger partial charge is 0.478 e. The van der Waals surface area contributed by atoms with Crippen molar-refractivity contribution in [3.8, 4) is 5.88 Å². The Morgan fingerprint density at radius 3 is 2.29 bits per heavy atom. The number of benzene rings is 1. The van der Waals surface area contributed by atoms with Crippen LogP contribution >= 0.6 is 0 Å². The fourth-order valence-corrected chi connectivity index (χ4v) is 3.44. The zero-order chi connectivity index (χ0) is 24.9. The summed E-state index contributed by atoms with van der Waals surface area (Å²) in [6.45, 7) is 13.9. The summed E-state index contributed by atoms with van der Waals surface area (Å²) in [6, 6.07) is 8.11. The van der Waals surface area contributed by atoms with Crippen molar-refractivity contribution in [1.82, 2.24) is 14.9 Å². The maximum Gasteiger partial charge on any atom is 0.328 e. The molecule has 0 bridgehead atoms. The minimum Gasteiger partial charge on any atom is -0.478 e. The van der Waals surface area contributed by atoms with E-state index >= 15 is 0 Å². The van der Waals surface area contributed by atoms with Gasteiger partial charge in [-0.05, 0) is 25.5 Å². The molecule has 0 spiro atoms. The first-order chi connectivity index (χ1) is 16.3. The fraction of sp³-hybridized carbons (Fsp3) is 0.440. The molecule has 0 saturated carbocycles. The molecule has 1 aliphatic rings. The summed E-state index contributed by atoms with van der Waals surface area (Å²) in [6.07, 6.45) is 4.54. The second-order valence-electron chi connectivity index (χ2n) is 8.13. The second-order valence-corrected chi connectivity index (χ2v) is 8.13. The quantitative estimate of drug-likeness (QED) is 0.305. The minimum atomic E-state index is -1.26. The summed E-state index contributed by atoms with van der Waals surface area (Å²) >= 11 is 0. The summed E-state index contributed by atoms with van der Waals surface area (Å²) in [5.41, 5.74) is 2.16. The number of ether oxygens (including phenoxy) is 1. The summed E-state index contributed by atoms with van der Waals surface area (Å²) < 4.78 is 6.03. The van der Waals surface area contributed by atoms with Crippen LogP contribution < -0.4 is 9.64 Å². The van der Waals surface area contributed by atoms with Crippen molar-refractivity contribution in [3.63, 3.8) is 0 Å². The Morgan fingerprint density at radius 2 is 1.71 bits per heavy atom. The third-order valence-corrected chi connectivity index (χ3v) is 5.06. The SMILES string of the molecule is C=C(C)CN1CCN(c2nc(OCCCCC)c3ccccc3n2)CC1.O=C(O)/C=C/C(=O)O. The Bertz CT molecular complexity index is 984. The van der Waals surface area contributed by atoms with Gasteiger partial charge in [0.1, 0.15) is 0 Å². The standard InChI is InChI=1S/C21H30N4O.C4H4O4/c1-4-5-8-15-26-20-18-9-6-7-10-19(18)22-21(23-20)25-13-11-24(12-14-25)16-17(2)3;5-3(6)1-2-4(7)8/h6-7,9-10H,2,4-5,8,11-16H2,1,3H3;1-2H,(H,5,6)(H,7,8)/b;2-1+. The molecule has 0 amide bonds. The number of piperazine rings is 1. The van der Waals surface area contributed by atoms with E-state index in [9.17, 15) is 9.59 Å². The summed E-state index contributed by atoms with van der Waals surface area (Å²) in [7, 11) is 0. The molecule has 2 heterocycles. The van der Waals surface area contributed by atoms with Gasteiger partial charge in [0, 0.05) is 44.9 Å². The molecule has 0 aliphatic carbocycles. The number of unbranched alkanes of at least 4 members (excludes halogenated alkanes) is 2. The van der Waals surface area contributed by atoms with Gasteiger partial charge < -0.3 is 19.8 Å². The maximum absolute atomic E-state index is 9.55. The van der Waals surface area contributed by atoms with E-state index in [1.807, 2.05) is 24.3 Å². The molecule has 9 heteroatoms. The third-order valence-electron chi connectivity index (χ3n) is 5.06. The van der Waals surface area contributed by atoms with Crippen molar-refractivity contribution in [2.45, 2.75) is 33.1 Å². The van der Waals surface area contributed by atoms with Gasteiger partial charge >= 0.3 is 11.9 Å². The number of carbonyl (C=O) groups is 2. The van der Waals surface area contributed by atoms with Crippen LogP contribution in [-0.4, -0.2) is 76.4 Å². The van der Waals surface area contributed by atoms with E-state index in [-0.39, 0.29) is 0 Å². The molecule has 1 saturated heterocycles. The molecular formula is C25H34N4O5. The average Bonchev–Trinajstić information content (AvgIpc) is 2.81.